The first kappa shape index (κ1) is 55.3. The van der Waals surface area contributed by atoms with Gasteiger partial charge in [-0.1, -0.05) is 12.1 Å². The molecule has 24 nitrogen and oxygen atoms in total. The molecule has 506 valence electrons. The van der Waals surface area contributed by atoms with Crippen molar-refractivity contribution in [3.63, 3.8) is 0 Å². The number of amides is 3. The summed E-state index contributed by atoms with van der Waals surface area (Å²) in [6.07, 6.45) is 12.1. The first-order valence-corrected chi connectivity index (χ1v) is 36.0. The number of nitrogens with zero attached hydrogens (tertiary/aromatic N) is 10. The molecule has 3 amide bonds. The Bertz CT molecular complexity index is 4540. The summed E-state index contributed by atoms with van der Waals surface area (Å²) in [6.45, 7) is 10.9. The molecule has 4 bridgehead atoms. The lowest BCUT2D eigenvalue weighted by molar-refractivity contribution is 0.0130. The third-order valence-electron chi connectivity index (χ3n) is 21.0. The molecule has 26 heteroatoms. The molecule has 15 rings (SSSR count). The minimum Gasteiger partial charge on any atom is -0.477 e. The molecule has 9 heterocycles. The van der Waals surface area contributed by atoms with Gasteiger partial charge < -0.3 is 34.6 Å². The van der Waals surface area contributed by atoms with Crippen LogP contribution in [-0.2, 0) is 24.8 Å². The van der Waals surface area contributed by atoms with Crippen LogP contribution >= 0.6 is 0 Å². The molecule has 0 unspecified atom stereocenters. The predicted octanol–water partition coefficient (Wildman–Crippen LogP) is 10.5. The van der Waals surface area contributed by atoms with Crippen molar-refractivity contribution in [1.29, 1.82) is 0 Å². The third kappa shape index (κ3) is 12.8. The minimum absolute atomic E-state index is 0.0393. The summed E-state index contributed by atoms with van der Waals surface area (Å²) in [5, 5.41) is 14.3. The number of likely N-dealkylation sites (tertiary alicyclic amines) is 1. The molecule has 6 aliphatic carbocycles. The van der Waals surface area contributed by atoms with E-state index in [1.165, 1.54) is 82.6 Å². The highest BCUT2D eigenvalue weighted by molar-refractivity contribution is 7.90. The van der Waals surface area contributed by atoms with Gasteiger partial charge in [0.05, 0.1) is 29.7 Å². The SMILES string of the molecule is [2H]C([2H])(Oc1ccn(-c2ccc(C(=O)NS(=O)(=O)c3cccc(NCCC[C@@H]4CN(C(=O)OC(C)(C)C)C(C)(C)C4)n3)cn2)n1)C([2H])([2H])C1C2(CC2)C12CC2.[2H]C([2H])(Oc1ccn(-c2ccc3c(n2)N2C[C@@H](CCCNc4cccc(n4)S(=O)(=O)NC3=O)CC2(C)C)n1)C([2H])([2H])C1C2(CC2)C12CC2. The Labute approximate surface area is 567 Å². The van der Waals surface area contributed by atoms with Gasteiger partial charge >= 0.3 is 6.09 Å². The van der Waals surface area contributed by atoms with Gasteiger partial charge in [0.2, 0.25) is 11.8 Å². The van der Waals surface area contributed by atoms with Crippen LogP contribution in [0.5, 0.6) is 11.8 Å². The molecule has 6 aromatic rings. The van der Waals surface area contributed by atoms with E-state index < -0.39 is 68.9 Å². The highest BCUT2D eigenvalue weighted by Gasteiger charge is 2.86. The lowest BCUT2D eigenvalue weighted by Gasteiger charge is -2.34. The second-order valence-corrected chi connectivity index (χ2v) is 32.8. The van der Waals surface area contributed by atoms with Crippen molar-refractivity contribution in [3.8, 4) is 23.4 Å². The second-order valence-electron chi connectivity index (χ2n) is 29.5. The number of rotatable bonds is 18. The summed E-state index contributed by atoms with van der Waals surface area (Å²) in [7, 11) is -8.65. The highest BCUT2D eigenvalue weighted by Crippen LogP contribution is 2.94. The van der Waals surface area contributed by atoms with E-state index in [9.17, 15) is 31.2 Å². The lowest BCUT2D eigenvalue weighted by atomic mass is 9.93. The molecule has 6 saturated carbocycles. The van der Waals surface area contributed by atoms with Gasteiger partial charge in [-0.2, -0.15) is 16.8 Å². The fourth-order valence-corrected chi connectivity index (χ4v) is 17.6. The predicted molar refractivity (Wildman–Crippen MR) is 354 cm³/mol. The topological polar surface area (TPSA) is 289 Å². The van der Waals surface area contributed by atoms with Crippen molar-refractivity contribution < 1.29 is 56.4 Å². The van der Waals surface area contributed by atoms with Crippen LogP contribution in [0.3, 0.4) is 0 Å². The number of fused-ring (bicyclic) bond motifs is 8. The van der Waals surface area contributed by atoms with E-state index in [1.54, 1.807) is 23.1 Å². The maximum absolute atomic E-state index is 13.7. The summed E-state index contributed by atoms with van der Waals surface area (Å²) >= 11 is 0. The molecule has 4 N–H and O–H groups in total. The van der Waals surface area contributed by atoms with E-state index in [2.05, 4.69) is 54.4 Å². The average molecular weight is 1350 g/mol. The Hall–Kier alpha value is -7.87. The van der Waals surface area contributed by atoms with Crippen molar-refractivity contribution in [3.05, 3.63) is 103 Å². The highest BCUT2D eigenvalue weighted by atomic mass is 32.2. The van der Waals surface area contributed by atoms with Crippen LogP contribution in [0.1, 0.15) is 183 Å². The second kappa shape index (κ2) is 23.7. The van der Waals surface area contributed by atoms with Gasteiger partial charge in [0.25, 0.3) is 31.9 Å². The molecule has 9 aliphatic rings. The molecular formula is C69H88N14O10S2. The number of nitrogens with one attached hydrogen (secondary N) is 4. The zero-order valence-electron chi connectivity index (χ0n) is 62.6. The quantitative estimate of drug-likeness (QED) is 0.0582. The standard InChI is InChI=1S/C37H49N7O6S.C32H39N7O4S/c1-34(2,3)50-33(46)43-24-25(22-35(43,4)5)8-7-19-38-28-9-6-10-31(40-28)51(47,48)42-32(45)26-11-12-29(39-23-26)44-20-13-30(41-44)49-21-14-27-36(15-16-36)37(27)17-18-37;1-30(2)19-21-5-4-16-33-24-6-3-7-27(34-24)44(41,42)37-29(40)22-8-9-25(35-28(22)38(30)20-21)39-17-10-26(36-39)43-18-11-23-31(12-13-31)32(23)14-15-32/h6,9-13,20,23,25,27H,7-8,14-19,21-22,24H2,1-5H3,(H,38,40)(H,42,45);3,6-10,17,21,23H,4-5,11-16,18-20H2,1-2H3,(H,33,34)(H,37,40)/t25-;21-/m00/s1/i14D2,21D2;11D2,18D2. The first-order valence-electron chi connectivity index (χ1n) is 37.0. The zero-order valence-corrected chi connectivity index (χ0v) is 56.2. The van der Waals surface area contributed by atoms with E-state index in [1.807, 2.05) is 44.2 Å². The van der Waals surface area contributed by atoms with Crippen LogP contribution in [0.2, 0.25) is 0 Å². The van der Waals surface area contributed by atoms with Gasteiger partial charge in [-0.25, -0.2) is 43.5 Å². The van der Waals surface area contributed by atoms with Crippen molar-refractivity contribution >= 4 is 55.4 Å². The smallest absolute Gasteiger partial charge is 0.410 e. The Kier molecular flexibility index (Phi) is 13.8. The van der Waals surface area contributed by atoms with E-state index in [0.717, 1.165) is 89.9 Å². The van der Waals surface area contributed by atoms with Crippen molar-refractivity contribution in [1.82, 2.24) is 53.8 Å². The summed E-state index contributed by atoms with van der Waals surface area (Å²) in [6, 6.07) is 17.8. The molecule has 3 aliphatic heterocycles. The number of carbonyl (C=O) groups is 3. The Morgan fingerprint density at radius 1 is 0.758 bits per heavy atom. The maximum atomic E-state index is 13.7. The van der Waals surface area contributed by atoms with Crippen LogP contribution < -0.4 is 34.5 Å². The molecule has 6 aromatic heterocycles. The van der Waals surface area contributed by atoms with E-state index >= 15 is 0 Å². The van der Waals surface area contributed by atoms with Gasteiger partial charge in [0, 0.05) is 73.5 Å². The summed E-state index contributed by atoms with van der Waals surface area (Å²) in [5.41, 5.74) is -1.50. The van der Waals surface area contributed by atoms with Crippen LogP contribution in [-0.4, -0.2) is 135 Å². The number of hydrogen-bond donors (Lipinski definition) is 4. The summed E-state index contributed by atoms with van der Waals surface area (Å²) in [4.78, 5) is 60.7. The van der Waals surface area contributed by atoms with Crippen molar-refractivity contribution in [2.45, 2.75) is 178 Å². The number of ether oxygens (including phenoxy) is 3. The van der Waals surface area contributed by atoms with Crippen LogP contribution in [0.25, 0.3) is 11.6 Å². The third-order valence-corrected chi connectivity index (χ3v) is 23.5. The largest absolute Gasteiger partial charge is 0.477 e. The number of sulfonamides is 2. The van der Waals surface area contributed by atoms with Crippen molar-refractivity contribution in [2.24, 2.45) is 45.3 Å². The summed E-state index contributed by atoms with van der Waals surface area (Å²) in [5.74, 6) is -0.511. The fraction of sp³-hybridized carbons (Fsp3) is 0.580. The molecule has 0 aromatic carbocycles. The van der Waals surface area contributed by atoms with Gasteiger partial charge in [0.1, 0.15) is 23.1 Å². The molecule has 2 saturated heterocycles. The molecule has 8 fully saturated rings. The van der Waals surface area contributed by atoms with Gasteiger partial charge in [-0.3, -0.25) is 9.59 Å². The monoisotopic (exact) mass is 1340 g/mol. The molecule has 4 spiro atoms. The number of carbonyl (C=O) groups excluding carboxylic acids is 3. The number of pyridine rings is 4. The first-order chi connectivity index (χ1) is 48.2. The summed E-state index contributed by atoms with van der Waals surface area (Å²) < 4.78 is 146. The lowest BCUT2D eigenvalue weighted by Crippen LogP contribution is -2.45. The van der Waals surface area contributed by atoms with Gasteiger partial charge in [0.15, 0.2) is 21.7 Å². The van der Waals surface area contributed by atoms with E-state index in [4.69, 9.17) is 30.2 Å². The van der Waals surface area contributed by atoms with Gasteiger partial charge in [-0.05, 0) is 245 Å². The number of aromatic nitrogens is 8. The normalized spacial score (nSPS) is 24.9. The molecular weight excluding hydrogens is 1250 g/mol. The fourth-order valence-electron chi connectivity index (χ4n) is 15.8. The van der Waals surface area contributed by atoms with E-state index in [-0.39, 0.29) is 83.9 Å². The molecule has 95 heavy (non-hydrogen) atoms. The minimum atomic E-state index is -4.34. The Balaban J connectivity index is 0.000000176. The van der Waals surface area contributed by atoms with Crippen LogP contribution in [0.4, 0.5) is 22.2 Å². The molecule has 2 atom stereocenters. The number of anilines is 3. The Morgan fingerprint density at radius 3 is 2.01 bits per heavy atom. The molecule has 0 radical (unpaired) electrons. The van der Waals surface area contributed by atoms with Gasteiger partial charge in [-0.15, -0.1) is 10.2 Å². The van der Waals surface area contributed by atoms with E-state index in [0.29, 0.717) is 61.3 Å². The average Bonchev–Trinajstić information content (AvgIpc) is 1.44. The van der Waals surface area contributed by atoms with Crippen LogP contribution in [0.15, 0.2) is 101 Å². The maximum Gasteiger partial charge on any atom is 0.410 e. The Morgan fingerprint density at radius 2 is 1.39 bits per heavy atom. The zero-order chi connectivity index (χ0) is 73.7. The number of hydrogen-bond acceptors (Lipinski definition) is 19. The van der Waals surface area contributed by atoms with Crippen LogP contribution in [0, 0.1) is 45.3 Å². The van der Waals surface area contributed by atoms with Crippen molar-refractivity contribution in [2.75, 3.05) is 54.8 Å².